The van der Waals surface area contributed by atoms with E-state index in [0.717, 1.165) is 11.4 Å². The Morgan fingerprint density at radius 1 is 0.467 bits per heavy atom. The number of hydrogen-bond acceptors (Lipinski definition) is 2. The maximum Gasteiger partial charge on any atom is 0.0509 e. The van der Waals surface area contributed by atoms with Crippen molar-refractivity contribution < 1.29 is 0 Å². The maximum atomic E-state index is 3.66. The summed E-state index contributed by atoms with van der Waals surface area (Å²) in [5, 5.41) is 6.18. The minimum absolute atomic E-state index is 0.201. The summed E-state index contributed by atoms with van der Waals surface area (Å²) in [5.41, 5.74) is 13.0. The molecule has 0 amide bonds. The highest BCUT2D eigenvalue weighted by Crippen LogP contribution is 2.53. The molecule has 7 aromatic rings. The predicted molar refractivity (Wildman–Crippen MR) is 191 cm³/mol. The lowest BCUT2D eigenvalue weighted by atomic mass is 9.72. The molecular formula is C43H34N2. The van der Waals surface area contributed by atoms with Gasteiger partial charge in [0.1, 0.15) is 0 Å². The van der Waals surface area contributed by atoms with E-state index in [0.29, 0.717) is 0 Å². The lowest BCUT2D eigenvalue weighted by Crippen LogP contribution is -2.30. The van der Waals surface area contributed by atoms with Crippen LogP contribution in [0.1, 0.15) is 25.0 Å². The van der Waals surface area contributed by atoms with Gasteiger partial charge in [0, 0.05) is 28.0 Å². The molecule has 0 saturated carbocycles. The Kier molecular flexibility index (Phi) is 6.50. The van der Waals surface area contributed by atoms with Crippen LogP contribution in [0.2, 0.25) is 0 Å². The third kappa shape index (κ3) is 4.76. The van der Waals surface area contributed by atoms with Gasteiger partial charge >= 0.3 is 0 Å². The molecule has 8 rings (SSSR count). The zero-order chi connectivity index (χ0) is 30.4. The summed E-state index contributed by atoms with van der Waals surface area (Å²) in [4.78, 5) is 2.44. The number of nitrogens with one attached hydrogen (secondary N) is 1. The largest absolute Gasteiger partial charge is 0.355 e. The van der Waals surface area contributed by atoms with Crippen LogP contribution in [0.25, 0.3) is 33.0 Å². The van der Waals surface area contributed by atoms with E-state index < -0.39 is 0 Å². The Hall–Kier alpha value is -5.60. The van der Waals surface area contributed by atoms with Crippen LogP contribution in [0, 0.1) is 0 Å². The maximum absolute atomic E-state index is 3.66. The van der Waals surface area contributed by atoms with Crippen molar-refractivity contribution in [2.75, 3.05) is 10.2 Å². The van der Waals surface area contributed by atoms with E-state index >= 15 is 0 Å². The Morgan fingerprint density at radius 3 is 1.78 bits per heavy atom. The zero-order valence-corrected chi connectivity index (χ0v) is 25.5. The van der Waals surface area contributed by atoms with E-state index in [4.69, 9.17) is 0 Å². The first-order valence-electron chi connectivity index (χ1n) is 15.6. The van der Waals surface area contributed by atoms with Crippen molar-refractivity contribution in [3.63, 3.8) is 0 Å². The van der Waals surface area contributed by atoms with Crippen LogP contribution in [0.15, 0.2) is 164 Å². The normalized spacial score (nSPS) is 13.2. The van der Waals surface area contributed by atoms with Gasteiger partial charge in [-0.3, -0.25) is 0 Å². The first kappa shape index (κ1) is 27.0. The lowest BCUT2D eigenvalue weighted by molar-refractivity contribution is 0.633. The molecule has 1 N–H and O–H groups in total. The number of fused-ring (bicyclic) bond motifs is 3. The average molecular weight is 579 g/mol. The Labute approximate surface area is 265 Å². The molecule has 0 radical (unpaired) electrons. The molecule has 2 heteroatoms. The minimum atomic E-state index is -0.201. The van der Waals surface area contributed by atoms with Crippen molar-refractivity contribution in [2.24, 2.45) is 0 Å². The van der Waals surface area contributed by atoms with Crippen molar-refractivity contribution in [3.8, 4) is 22.3 Å². The fourth-order valence-electron chi connectivity index (χ4n) is 6.82. The number of hydrogen-bond donors (Lipinski definition) is 1. The van der Waals surface area contributed by atoms with E-state index in [-0.39, 0.29) is 5.41 Å². The second-order valence-electron chi connectivity index (χ2n) is 12.4. The summed E-state index contributed by atoms with van der Waals surface area (Å²) >= 11 is 0. The van der Waals surface area contributed by atoms with Crippen LogP contribution in [-0.2, 0) is 5.41 Å². The van der Waals surface area contributed by atoms with Gasteiger partial charge in [-0.05, 0) is 99.3 Å². The summed E-state index contributed by atoms with van der Waals surface area (Å²) in [7, 11) is 0. The molecule has 0 fully saturated rings. The molecule has 1 heterocycles. The zero-order valence-electron chi connectivity index (χ0n) is 25.5. The smallest absolute Gasteiger partial charge is 0.0509 e. The van der Waals surface area contributed by atoms with E-state index in [9.17, 15) is 0 Å². The monoisotopic (exact) mass is 578 g/mol. The number of rotatable bonds is 5. The fraction of sp³-hybridized carbons (Fsp3) is 0.0698. The molecule has 7 aromatic carbocycles. The minimum Gasteiger partial charge on any atom is -0.355 e. The molecular weight excluding hydrogens is 544 g/mol. The third-order valence-corrected chi connectivity index (χ3v) is 9.19. The number of benzene rings is 7. The highest BCUT2D eigenvalue weighted by molar-refractivity contribution is 5.95. The van der Waals surface area contributed by atoms with Crippen LogP contribution < -0.4 is 10.2 Å². The summed E-state index contributed by atoms with van der Waals surface area (Å²) in [6, 6.07) is 59.0. The molecule has 0 bridgehead atoms. The van der Waals surface area contributed by atoms with Crippen molar-refractivity contribution >= 4 is 39.2 Å². The van der Waals surface area contributed by atoms with Gasteiger partial charge in [-0.1, -0.05) is 117 Å². The van der Waals surface area contributed by atoms with Gasteiger partial charge in [-0.25, -0.2) is 0 Å². The summed E-state index contributed by atoms with van der Waals surface area (Å²) in [6.07, 6.45) is 0. The van der Waals surface area contributed by atoms with Crippen molar-refractivity contribution in [3.05, 3.63) is 175 Å². The first-order chi connectivity index (χ1) is 22.1. The van der Waals surface area contributed by atoms with Gasteiger partial charge in [0.2, 0.25) is 0 Å². The van der Waals surface area contributed by atoms with E-state index in [1.54, 1.807) is 0 Å². The number of anilines is 5. The summed E-state index contributed by atoms with van der Waals surface area (Å²) in [5.74, 6) is 0. The first-order valence-corrected chi connectivity index (χ1v) is 15.6. The third-order valence-electron chi connectivity index (χ3n) is 9.19. The number of nitrogens with zero attached hydrogens (tertiary/aromatic N) is 1. The molecule has 216 valence electrons. The van der Waals surface area contributed by atoms with Gasteiger partial charge in [0.05, 0.1) is 11.4 Å². The second kappa shape index (κ2) is 10.8. The molecule has 0 spiro atoms. The fourth-order valence-corrected chi connectivity index (χ4v) is 6.82. The Morgan fingerprint density at radius 2 is 1.04 bits per heavy atom. The lowest BCUT2D eigenvalue weighted by Gasteiger charge is -2.42. The topological polar surface area (TPSA) is 15.3 Å². The molecule has 0 unspecified atom stereocenters. The van der Waals surface area contributed by atoms with Crippen LogP contribution >= 0.6 is 0 Å². The highest BCUT2D eigenvalue weighted by Gasteiger charge is 2.37. The molecule has 45 heavy (non-hydrogen) atoms. The van der Waals surface area contributed by atoms with E-state index in [1.165, 1.54) is 61.2 Å². The van der Waals surface area contributed by atoms with Crippen LogP contribution in [0.5, 0.6) is 0 Å². The molecule has 1 aliphatic heterocycles. The van der Waals surface area contributed by atoms with Crippen molar-refractivity contribution in [1.82, 2.24) is 0 Å². The van der Waals surface area contributed by atoms with Crippen molar-refractivity contribution in [2.45, 2.75) is 19.3 Å². The molecule has 0 saturated heterocycles. The van der Waals surface area contributed by atoms with Gasteiger partial charge in [0.25, 0.3) is 0 Å². The SMILES string of the molecule is CC1(C)c2cc(-c3ccc(Nc4ccccc4)c(-c4ccccc4)c3)ccc2N(c2ccccc2)c2cc3ccccc3cc21. The highest BCUT2D eigenvalue weighted by atomic mass is 15.2. The summed E-state index contributed by atoms with van der Waals surface area (Å²) in [6.45, 7) is 4.74. The summed E-state index contributed by atoms with van der Waals surface area (Å²) < 4.78 is 0. The second-order valence-corrected chi connectivity index (χ2v) is 12.4. The van der Waals surface area contributed by atoms with E-state index in [2.05, 4.69) is 182 Å². The molecule has 2 nitrogen and oxygen atoms in total. The van der Waals surface area contributed by atoms with Crippen LogP contribution in [0.4, 0.5) is 28.4 Å². The van der Waals surface area contributed by atoms with Crippen LogP contribution in [0.3, 0.4) is 0 Å². The van der Waals surface area contributed by atoms with Gasteiger partial charge in [-0.15, -0.1) is 0 Å². The molecule has 0 aromatic heterocycles. The van der Waals surface area contributed by atoms with Gasteiger partial charge in [0.15, 0.2) is 0 Å². The standard InChI is InChI=1S/C43H34N2/c1-43(2)38-28-34(33-22-24-40(44-35-18-8-4-9-19-35)37(26-33)30-14-6-3-7-15-30)23-25-41(38)45(36-20-10-5-11-21-36)42-29-32-17-13-12-16-31(32)27-39(42)43/h3-29,44H,1-2H3. The van der Waals surface area contributed by atoms with Crippen molar-refractivity contribution in [1.29, 1.82) is 0 Å². The van der Waals surface area contributed by atoms with Gasteiger partial charge in [-0.2, -0.15) is 0 Å². The Bertz CT molecular complexity index is 2150. The average Bonchev–Trinajstić information content (AvgIpc) is 3.09. The van der Waals surface area contributed by atoms with E-state index in [1.807, 2.05) is 6.07 Å². The predicted octanol–water partition coefficient (Wildman–Crippen LogP) is 12.0. The Balaban J connectivity index is 1.29. The number of para-hydroxylation sites is 2. The quantitative estimate of drug-likeness (QED) is 0.219. The molecule has 0 aliphatic carbocycles. The molecule has 0 atom stereocenters. The van der Waals surface area contributed by atoms with Gasteiger partial charge < -0.3 is 10.2 Å². The molecule has 1 aliphatic rings. The van der Waals surface area contributed by atoms with Crippen LogP contribution in [-0.4, -0.2) is 0 Å².